The van der Waals surface area contributed by atoms with Crippen molar-refractivity contribution in [2.24, 2.45) is 0 Å². The molecular weight excluding hydrogens is 482 g/mol. The summed E-state index contributed by atoms with van der Waals surface area (Å²) >= 11 is 3.39. The van der Waals surface area contributed by atoms with E-state index in [1.54, 1.807) is 12.1 Å². The minimum atomic E-state index is -0.890. The number of pyridine rings is 1. The van der Waals surface area contributed by atoms with Gasteiger partial charge in [0, 0.05) is 46.3 Å². The van der Waals surface area contributed by atoms with Crippen LogP contribution in [0.5, 0.6) is 0 Å². The first-order valence-corrected chi connectivity index (χ1v) is 12.2. The van der Waals surface area contributed by atoms with Crippen LogP contribution in [-0.2, 0) is 22.5 Å². The highest BCUT2D eigenvalue weighted by Gasteiger charge is 2.29. The molecule has 4 rings (SSSR count). The highest BCUT2D eigenvalue weighted by Crippen LogP contribution is 2.29. The van der Waals surface area contributed by atoms with Crippen LogP contribution >= 0.6 is 15.9 Å². The van der Waals surface area contributed by atoms with E-state index in [2.05, 4.69) is 33.1 Å². The Hall–Kier alpha value is -2.77. The van der Waals surface area contributed by atoms with Crippen LogP contribution in [0, 0.1) is 0 Å². The molecule has 1 aliphatic rings. The number of carbonyl (C=O) groups excluding carboxylic acids is 2. The zero-order chi connectivity index (χ0) is 23.4. The maximum Gasteiger partial charge on any atom is 0.340 e. The summed E-state index contributed by atoms with van der Waals surface area (Å²) in [6.07, 6.45) is 1.33. The number of aromatic nitrogens is 1. The number of nitrogens with zero attached hydrogens (tertiary/aromatic N) is 2. The molecular formula is C26H28BrN3O3. The first kappa shape index (κ1) is 23.4. The summed E-state index contributed by atoms with van der Waals surface area (Å²) in [6, 6.07) is 14.9. The summed E-state index contributed by atoms with van der Waals surface area (Å²) in [5.41, 5.74) is 3.83. The third-order valence-electron chi connectivity index (χ3n) is 5.89. The molecule has 2 heterocycles. The van der Waals surface area contributed by atoms with Crippen LogP contribution < -0.4 is 5.32 Å². The second-order valence-corrected chi connectivity index (χ2v) is 9.17. The summed E-state index contributed by atoms with van der Waals surface area (Å²) in [5.74, 6) is -0.811. The van der Waals surface area contributed by atoms with Gasteiger partial charge in [-0.05, 0) is 49.7 Å². The fraction of sp³-hybridized carbons (Fsp3) is 0.346. The lowest BCUT2D eigenvalue weighted by atomic mass is 9.95. The number of halogens is 1. The van der Waals surface area contributed by atoms with Crippen LogP contribution in [0.25, 0.3) is 10.9 Å². The molecule has 0 aliphatic carbocycles. The van der Waals surface area contributed by atoms with Crippen molar-refractivity contribution in [3.05, 3.63) is 69.8 Å². The molecule has 1 amide bonds. The molecule has 1 aliphatic heterocycles. The molecule has 1 aromatic heterocycles. The zero-order valence-corrected chi connectivity index (χ0v) is 20.5. The standard InChI is InChI=1S/C26H28BrN3O3/c1-3-14-30-15-13-22-20(16-30)24(19-7-5-6-8-21(19)29-22)26(32)33-23(4-2)25(31)28-18-11-9-17(27)10-12-18/h5-12,23H,3-4,13-16H2,1-2H3,(H,28,31). The van der Waals surface area contributed by atoms with Crippen molar-refractivity contribution in [1.82, 2.24) is 9.88 Å². The maximum atomic E-state index is 13.5. The molecule has 0 saturated carbocycles. The van der Waals surface area contributed by atoms with Crippen molar-refractivity contribution in [3.8, 4) is 0 Å². The number of hydrogen-bond donors (Lipinski definition) is 1. The molecule has 6 nitrogen and oxygen atoms in total. The number of rotatable bonds is 7. The fourth-order valence-electron chi connectivity index (χ4n) is 4.25. The number of para-hydroxylation sites is 1. The Morgan fingerprint density at radius 3 is 2.64 bits per heavy atom. The van der Waals surface area contributed by atoms with Crippen molar-refractivity contribution in [3.63, 3.8) is 0 Å². The van der Waals surface area contributed by atoms with Crippen LogP contribution in [0.3, 0.4) is 0 Å². The first-order valence-electron chi connectivity index (χ1n) is 11.4. The minimum Gasteiger partial charge on any atom is -0.449 e. The minimum absolute atomic E-state index is 0.340. The summed E-state index contributed by atoms with van der Waals surface area (Å²) in [6.45, 7) is 6.54. The Morgan fingerprint density at radius 1 is 1.15 bits per heavy atom. The second kappa shape index (κ2) is 10.4. The zero-order valence-electron chi connectivity index (χ0n) is 18.9. The number of hydrogen-bond acceptors (Lipinski definition) is 5. The smallest absolute Gasteiger partial charge is 0.340 e. The third-order valence-corrected chi connectivity index (χ3v) is 6.42. The SMILES string of the molecule is CCCN1CCc2nc3ccccc3c(C(=O)OC(CC)C(=O)Nc3ccc(Br)cc3)c2C1. The van der Waals surface area contributed by atoms with Crippen LogP contribution in [-0.4, -0.2) is 41.0 Å². The topological polar surface area (TPSA) is 71.5 Å². The van der Waals surface area contributed by atoms with Crippen molar-refractivity contribution >= 4 is 44.4 Å². The molecule has 0 fully saturated rings. The Labute approximate surface area is 202 Å². The first-order chi connectivity index (χ1) is 16.0. The predicted octanol–water partition coefficient (Wildman–Crippen LogP) is 5.34. The number of amides is 1. The van der Waals surface area contributed by atoms with Gasteiger partial charge in [-0.15, -0.1) is 0 Å². The molecule has 1 atom stereocenters. The number of esters is 1. The van der Waals surface area contributed by atoms with Crippen molar-refractivity contribution in [2.45, 2.75) is 45.8 Å². The van der Waals surface area contributed by atoms with Crippen molar-refractivity contribution < 1.29 is 14.3 Å². The highest BCUT2D eigenvalue weighted by atomic mass is 79.9. The largest absolute Gasteiger partial charge is 0.449 e. The number of carbonyl (C=O) groups is 2. The van der Waals surface area contributed by atoms with Crippen LogP contribution in [0.1, 0.15) is 48.3 Å². The van der Waals surface area contributed by atoms with E-state index in [0.717, 1.165) is 52.6 Å². The fourth-order valence-corrected chi connectivity index (χ4v) is 4.52. The van der Waals surface area contributed by atoms with E-state index >= 15 is 0 Å². The molecule has 0 saturated heterocycles. The Bertz CT molecular complexity index is 1160. The number of ether oxygens (including phenoxy) is 1. The van der Waals surface area contributed by atoms with Gasteiger partial charge in [-0.25, -0.2) is 4.79 Å². The second-order valence-electron chi connectivity index (χ2n) is 8.25. The molecule has 2 aromatic carbocycles. The van der Waals surface area contributed by atoms with Crippen LogP contribution in [0.15, 0.2) is 53.0 Å². The van der Waals surface area contributed by atoms with E-state index in [1.807, 2.05) is 43.3 Å². The van der Waals surface area contributed by atoms with Crippen molar-refractivity contribution in [1.29, 1.82) is 0 Å². The summed E-state index contributed by atoms with van der Waals surface area (Å²) in [5, 5.41) is 3.61. The molecule has 7 heteroatoms. The van der Waals surface area contributed by atoms with Gasteiger partial charge in [0.2, 0.25) is 0 Å². The lowest BCUT2D eigenvalue weighted by Gasteiger charge is -2.30. The quantitative estimate of drug-likeness (QED) is 0.435. The summed E-state index contributed by atoms with van der Waals surface area (Å²) in [7, 11) is 0. The maximum absolute atomic E-state index is 13.5. The van der Waals surface area contributed by atoms with Gasteiger partial charge in [0.15, 0.2) is 6.10 Å². The van der Waals surface area contributed by atoms with E-state index in [4.69, 9.17) is 9.72 Å². The Morgan fingerprint density at radius 2 is 1.91 bits per heavy atom. The number of anilines is 1. The van der Waals surface area contributed by atoms with E-state index in [9.17, 15) is 9.59 Å². The van der Waals surface area contributed by atoms with E-state index in [1.165, 1.54) is 0 Å². The van der Waals surface area contributed by atoms with Gasteiger partial charge in [0.05, 0.1) is 11.1 Å². The molecule has 0 radical (unpaired) electrons. The number of fused-ring (bicyclic) bond motifs is 2. The van der Waals surface area contributed by atoms with E-state index in [0.29, 0.717) is 24.2 Å². The third kappa shape index (κ3) is 5.25. The number of benzene rings is 2. The van der Waals surface area contributed by atoms with Crippen molar-refractivity contribution in [2.75, 3.05) is 18.4 Å². The lowest BCUT2D eigenvalue weighted by Crippen LogP contribution is -2.35. The van der Waals surface area contributed by atoms with Gasteiger partial charge < -0.3 is 10.1 Å². The summed E-state index contributed by atoms with van der Waals surface area (Å²) in [4.78, 5) is 33.5. The molecule has 1 unspecified atom stereocenters. The number of nitrogens with one attached hydrogen (secondary N) is 1. The van der Waals surface area contributed by atoms with Crippen LogP contribution in [0.2, 0.25) is 0 Å². The van der Waals surface area contributed by atoms with Gasteiger partial charge in [0.1, 0.15) is 0 Å². The molecule has 0 spiro atoms. The molecule has 33 heavy (non-hydrogen) atoms. The van der Waals surface area contributed by atoms with Crippen LogP contribution in [0.4, 0.5) is 5.69 Å². The molecule has 3 aromatic rings. The van der Waals surface area contributed by atoms with Gasteiger partial charge in [-0.1, -0.05) is 48.0 Å². The average Bonchev–Trinajstić information content (AvgIpc) is 2.82. The average molecular weight is 510 g/mol. The molecule has 172 valence electrons. The van der Waals surface area contributed by atoms with Gasteiger partial charge in [-0.2, -0.15) is 0 Å². The lowest BCUT2D eigenvalue weighted by molar-refractivity contribution is -0.124. The molecule has 1 N–H and O–H groups in total. The Kier molecular flexibility index (Phi) is 7.40. The van der Waals surface area contributed by atoms with Gasteiger partial charge in [-0.3, -0.25) is 14.7 Å². The highest BCUT2D eigenvalue weighted by molar-refractivity contribution is 9.10. The molecule has 0 bridgehead atoms. The van der Waals surface area contributed by atoms with Gasteiger partial charge >= 0.3 is 5.97 Å². The Balaban J connectivity index is 1.63. The van der Waals surface area contributed by atoms with Gasteiger partial charge in [0.25, 0.3) is 5.91 Å². The normalized spacial score (nSPS) is 14.5. The predicted molar refractivity (Wildman–Crippen MR) is 133 cm³/mol. The summed E-state index contributed by atoms with van der Waals surface area (Å²) < 4.78 is 6.73. The monoisotopic (exact) mass is 509 g/mol. The van der Waals surface area contributed by atoms with E-state index < -0.39 is 12.1 Å². The van der Waals surface area contributed by atoms with E-state index in [-0.39, 0.29) is 5.91 Å².